The van der Waals surface area contributed by atoms with Gasteiger partial charge in [-0.2, -0.15) is 5.10 Å². The van der Waals surface area contributed by atoms with E-state index in [2.05, 4.69) is 34.9 Å². The van der Waals surface area contributed by atoms with Crippen molar-refractivity contribution >= 4 is 15.9 Å². The topological polar surface area (TPSA) is 38.0 Å². The van der Waals surface area contributed by atoms with Crippen molar-refractivity contribution in [3.05, 3.63) is 15.9 Å². The van der Waals surface area contributed by atoms with Gasteiger partial charge in [-0.3, -0.25) is 4.68 Å². The number of rotatable bonds is 4. The number of hydrogen-bond donors (Lipinski definition) is 1. The number of aryl methyl sites for hydroxylation is 2. The molecule has 1 heterocycles. The Labute approximate surface area is 105 Å². The number of nitrogens with zero attached hydrogens (tertiary/aromatic N) is 2. The summed E-state index contributed by atoms with van der Waals surface area (Å²) in [7, 11) is 1.95. The van der Waals surface area contributed by atoms with E-state index in [0.29, 0.717) is 18.3 Å². The second kappa shape index (κ2) is 4.49. The smallest absolute Gasteiger partial charge is 0.0766 e. The van der Waals surface area contributed by atoms with Crippen LogP contribution in [-0.2, 0) is 19.9 Å². The van der Waals surface area contributed by atoms with Crippen molar-refractivity contribution in [3.63, 3.8) is 0 Å². The maximum absolute atomic E-state index is 10.1. The summed E-state index contributed by atoms with van der Waals surface area (Å²) < 4.78 is 2.96. The quantitative estimate of drug-likeness (QED) is 0.922. The summed E-state index contributed by atoms with van der Waals surface area (Å²) in [4.78, 5) is 0. The van der Waals surface area contributed by atoms with Crippen molar-refractivity contribution < 1.29 is 5.11 Å². The molecule has 1 aliphatic rings. The molecule has 0 radical (unpaired) electrons. The minimum atomic E-state index is -0.216. The van der Waals surface area contributed by atoms with E-state index >= 15 is 0 Å². The van der Waals surface area contributed by atoms with E-state index in [1.807, 2.05) is 11.7 Å². The molecule has 0 saturated heterocycles. The van der Waals surface area contributed by atoms with Crippen LogP contribution in [0.2, 0.25) is 0 Å². The number of halogens is 1. The van der Waals surface area contributed by atoms with Gasteiger partial charge < -0.3 is 5.11 Å². The molecule has 1 N–H and O–H groups in total. The molecular weight excluding hydrogens is 268 g/mol. The zero-order valence-corrected chi connectivity index (χ0v) is 11.7. The van der Waals surface area contributed by atoms with Gasteiger partial charge in [-0.15, -0.1) is 0 Å². The van der Waals surface area contributed by atoms with Crippen molar-refractivity contribution in [1.82, 2.24) is 9.78 Å². The van der Waals surface area contributed by atoms with Gasteiger partial charge in [0.2, 0.25) is 0 Å². The highest BCUT2D eigenvalue weighted by atomic mass is 79.9. The highest BCUT2D eigenvalue weighted by molar-refractivity contribution is 9.10. The SMILES string of the molecule is CCc1nn(C)c(CC(O)C2CC2C)c1Br. The molecule has 1 aromatic heterocycles. The first-order valence-corrected chi connectivity index (χ1v) is 6.72. The summed E-state index contributed by atoms with van der Waals surface area (Å²) in [5, 5.41) is 14.5. The molecule has 0 spiro atoms. The van der Waals surface area contributed by atoms with Gasteiger partial charge in [0.05, 0.1) is 22.0 Å². The van der Waals surface area contributed by atoms with Crippen LogP contribution in [0.25, 0.3) is 0 Å². The lowest BCUT2D eigenvalue weighted by Crippen LogP contribution is -2.16. The van der Waals surface area contributed by atoms with Crippen molar-refractivity contribution in [2.75, 3.05) is 0 Å². The Morgan fingerprint density at radius 1 is 1.62 bits per heavy atom. The van der Waals surface area contributed by atoms with Gasteiger partial charge in [-0.05, 0) is 40.6 Å². The summed E-state index contributed by atoms with van der Waals surface area (Å²) in [6.07, 6.45) is 2.58. The van der Waals surface area contributed by atoms with Crippen molar-refractivity contribution in [1.29, 1.82) is 0 Å². The third-order valence-corrected chi connectivity index (χ3v) is 4.49. The van der Waals surface area contributed by atoms with E-state index in [1.54, 1.807) is 0 Å². The maximum atomic E-state index is 10.1. The summed E-state index contributed by atoms with van der Waals surface area (Å²) in [5.41, 5.74) is 2.19. The van der Waals surface area contributed by atoms with Crippen molar-refractivity contribution in [2.24, 2.45) is 18.9 Å². The average Bonchev–Trinajstić information content (AvgIpc) is 2.92. The first-order chi connectivity index (χ1) is 7.54. The standard InChI is InChI=1S/C12H19BrN2O/c1-4-9-12(13)10(15(3)14-9)6-11(16)8-5-7(8)2/h7-8,11,16H,4-6H2,1-3H3. The Morgan fingerprint density at radius 2 is 2.25 bits per heavy atom. The average molecular weight is 287 g/mol. The van der Waals surface area contributed by atoms with Crippen LogP contribution < -0.4 is 0 Å². The zero-order chi connectivity index (χ0) is 11.9. The van der Waals surface area contributed by atoms with E-state index < -0.39 is 0 Å². The second-order valence-electron chi connectivity index (χ2n) is 4.83. The van der Waals surface area contributed by atoms with E-state index in [4.69, 9.17) is 0 Å². The molecule has 0 aliphatic heterocycles. The zero-order valence-electron chi connectivity index (χ0n) is 10.1. The van der Waals surface area contributed by atoms with Crippen LogP contribution in [0.3, 0.4) is 0 Å². The Kier molecular flexibility index (Phi) is 3.40. The third kappa shape index (κ3) is 2.18. The lowest BCUT2D eigenvalue weighted by Gasteiger charge is -2.10. The van der Waals surface area contributed by atoms with E-state index in [9.17, 15) is 5.11 Å². The molecule has 1 aliphatic carbocycles. The van der Waals surface area contributed by atoms with Crippen LogP contribution in [0.15, 0.2) is 4.47 Å². The fourth-order valence-corrected chi connectivity index (χ4v) is 3.06. The van der Waals surface area contributed by atoms with E-state index in [-0.39, 0.29) is 6.10 Å². The van der Waals surface area contributed by atoms with Crippen molar-refractivity contribution in [2.45, 2.75) is 39.2 Å². The lowest BCUT2D eigenvalue weighted by atomic mass is 10.1. The van der Waals surface area contributed by atoms with Crippen molar-refractivity contribution in [3.8, 4) is 0 Å². The van der Waals surface area contributed by atoms with Crippen LogP contribution in [0.5, 0.6) is 0 Å². The van der Waals surface area contributed by atoms with E-state index in [0.717, 1.165) is 28.7 Å². The minimum Gasteiger partial charge on any atom is -0.392 e. The highest BCUT2D eigenvalue weighted by Gasteiger charge is 2.39. The lowest BCUT2D eigenvalue weighted by molar-refractivity contribution is 0.144. The predicted octanol–water partition coefficient (Wildman–Crippen LogP) is 2.30. The molecule has 2 rings (SSSR count). The molecule has 3 atom stereocenters. The molecule has 3 nitrogen and oxygen atoms in total. The molecule has 1 fully saturated rings. The summed E-state index contributed by atoms with van der Waals surface area (Å²) in [5.74, 6) is 1.18. The van der Waals surface area contributed by atoms with E-state index in [1.165, 1.54) is 0 Å². The summed E-state index contributed by atoms with van der Waals surface area (Å²) >= 11 is 3.58. The first-order valence-electron chi connectivity index (χ1n) is 5.92. The molecule has 4 heteroatoms. The fraction of sp³-hybridized carbons (Fsp3) is 0.750. The molecule has 0 aromatic carbocycles. The Morgan fingerprint density at radius 3 is 2.69 bits per heavy atom. The van der Waals surface area contributed by atoms with Gasteiger partial charge in [0.15, 0.2) is 0 Å². The predicted molar refractivity (Wildman–Crippen MR) is 67.3 cm³/mol. The number of aliphatic hydroxyl groups excluding tert-OH is 1. The molecule has 1 aromatic rings. The van der Waals surface area contributed by atoms with Gasteiger partial charge in [-0.25, -0.2) is 0 Å². The summed E-state index contributed by atoms with van der Waals surface area (Å²) in [6.45, 7) is 4.29. The highest BCUT2D eigenvalue weighted by Crippen LogP contribution is 2.41. The third-order valence-electron chi connectivity index (χ3n) is 3.57. The minimum absolute atomic E-state index is 0.216. The molecule has 3 unspecified atom stereocenters. The van der Waals surface area contributed by atoms with Crippen LogP contribution in [-0.4, -0.2) is 21.0 Å². The molecule has 1 saturated carbocycles. The fourth-order valence-electron chi connectivity index (χ4n) is 2.28. The van der Waals surface area contributed by atoms with Gasteiger partial charge in [0, 0.05) is 13.5 Å². The second-order valence-corrected chi connectivity index (χ2v) is 5.63. The Hall–Kier alpha value is -0.350. The number of hydrogen-bond acceptors (Lipinski definition) is 2. The molecule has 0 bridgehead atoms. The monoisotopic (exact) mass is 286 g/mol. The number of aromatic nitrogens is 2. The van der Waals surface area contributed by atoms with Gasteiger partial charge in [-0.1, -0.05) is 13.8 Å². The molecule has 16 heavy (non-hydrogen) atoms. The van der Waals surface area contributed by atoms with Gasteiger partial charge in [0.1, 0.15) is 0 Å². The normalized spacial score (nSPS) is 25.8. The molecule has 0 amide bonds. The van der Waals surface area contributed by atoms with Crippen LogP contribution in [0, 0.1) is 11.8 Å². The maximum Gasteiger partial charge on any atom is 0.0766 e. The molecular formula is C12H19BrN2O. The van der Waals surface area contributed by atoms with Crippen LogP contribution in [0.1, 0.15) is 31.7 Å². The summed E-state index contributed by atoms with van der Waals surface area (Å²) in [6, 6.07) is 0. The molecule has 90 valence electrons. The Balaban J connectivity index is 2.11. The van der Waals surface area contributed by atoms with Gasteiger partial charge >= 0.3 is 0 Å². The van der Waals surface area contributed by atoms with Gasteiger partial charge in [0.25, 0.3) is 0 Å². The van der Waals surface area contributed by atoms with Crippen LogP contribution >= 0.6 is 15.9 Å². The largest absolute Gasteiger partial charge is 0.392 e. The first kappa shape index (κ1) is 12.1. The Bertz CT molecular complexity index is 389. The number of aliphatic hydroxyl groups is 1. The van der Waals surface area contributed by atoms with Crippen LogP contribution in [0.4, 0.5) is 0 Å².